The summed E-state index contributed by atoms with van der Waals surface area (Å²) in [7, 11) is 0. The number of carbonyl (C=O) groups excluding carboxylic acids is 1. The summed E-state index contributed by atoms with van der Waals surface area (Å²) >= 11 is 0. The van der Waals surface area contributed by atoms with Gasteiger partial charge < -0.3 is 15.4 Å². The normalized spacial score (nSPS) is 23.1. The van der Waals surface area contributed by atoms with Crippen molar-refractivity contribution in [1.29, 1.82) is 0 Å². The van der Waals surface area contributed by atoms with Gasteiger partial charge in [0.1, 0.15) is 0 Å². The number of halogens is 3. The fraction of sp³-hybridized carbons (Fsp3) is 0.696. The van der Waals surface area contributed by atoms with Crippen LogP contribution in [0.3, 0.4) is 0 Å². The number of nitrogens with zero attached hydrogens (tertiary/aromatic N) is 1. The third-order valence-electron chi connectivity index (χ3n) is 6.27. The number of hydrogen-bond donors (Lipinski definition) is 1. The van der Waals surface area contributed by atoms with Crippen LogP contribution < -0.4 is 10.6 Å². The van der Waals surface area contributed by atoms with Gasteiger partial charge in [-0.15, -0.1) is 0 Å². The van der Waals surface area contributed by atoms with Gasteiger partial charge in [-0.25, -0.2) is 0 Å². The molecule has 2 saturated carbocycles. The second-order valence-electron chi connectivity index (χ2n) is 8.89. The molecule has 7 heteroatoms. The molecule has 2 aliphatic carbocycles. The highest BCUT2D eigenvalue weighted by Crippen LogP contribution is 2.49. The summed E-state index contributed by atoms with van der Waals surface area (Å²) in [5, 5.41) is 0. The molecule has 3 rings (SSSR count). The number of nitrogens with two attached hydrogens (primary N) is 1. The van der Waals surface area contributed by atoms with Crippen molar-refractivity contribution in [2.75, 3.05) is 23.8 Å². The van der Waals surface area contributed by atoms with Gasteiger partial charge >= 0.3 is 12.1 Å². The van der Waals surface area contributed by atoms with Crippen molar-refractivity contribution < 1.29 is 22.7 Å². The Hall–Kier alpha value is -1.92. The first-order valence-electron chi connectivity index (χ1n) is 11.1. The number of rotatable bonds is 8. The summed E-state index contributed by atoms with van der Waals surface area (Å²) < 4.78 is 43.8. The van der Waals surface area contributed by atoms with Crippen molar-refractivity contribution in [1.82, 2.24) is 0 Å². The van der Waals surface area contributed by atoms with Gasteiger partial charge in [0.05, 0.1) is 23.9 Å². The van der Waals surface area contributed by atoms with E-state index in [1.54, 1.807) is 13.8 Å². The zero-order valence-electron chi connectivity index (χ0n) is 17.9. The van der Waals surface area contributed by atoms with Crippen LogP contribution in [0.4, 0.5) is 24.5 Å². The summed E-state index contributed by atoms with van der Waals surface area (Å²) in [6.07, 6.45) is 1.12. The van der Waals surface area contributed by atoms with E-state index < -0.39 is 18.5 Å². The lowest BCUT2D eigenvalue weighted by Crippen LogP contribution is -2.41. The molecule has 168 valence electrons. The number of benzene rings is 1. The second kappa shape index (κ2) is 9.48. The number of hydrogen-bond acceptors (Lipinski definition) is 4. The molecule has 30 heavy (non-hydrogen) atoms. The largest absolute Gasteiger partial charge is 0.466 e. The minimum Gasteiger partial charge on any atom is -0.466 e. The average molecular weight is 427 g/mol. The van der Waals surface area contributed by atoms with Crippen LogP contribution >= 0.6 is 0 Å². The van der Waals surface area contributed by atoms with E-state index in [-0.39, 0.29) is 23.8 Å². The maximum atomic E-state index is 12.9. The maximum Gasteiger partial charge on any atom is 0.389 e. The van der Waals surface area contributed by atoms with Crippen LogP contribution in [0.15, 0.2) is 18.2 Å². The van der Waals surface area contributed by atoms with Gasteiger partial charge in [-0.1, -0.05) is 32.3 Å². The molecule has 0 aliphatic heterocycles. The lowest BCUT2D eigenvalue weighted by atomic mass is 9.92. The van der Waals surface area contributed by atoms with Gasteiger partial charge in [-0.2, -0.15) is 13.2 Å². The predicted octanol–water partition coefficient (Wildman–Crippen LogP) is 5.66. The fourth-order valence-electron chi connectivity index (χ4n) is 4.77. The van der Waals surface area contributed by atoms with Crippen molar-refractivity contribution in [3.8, 4) is 0 Å². The lowest BCUT2D eigenvalue weighted by molar-refractivity contribution is -0.145. The summed E-state index contributed by atoms with van der Waals surface area (Å²) in [5.41, 5.74) is 8.79. The number of anilines is 2. The highest BCUT2D eigenvalue weighted by Gasteiger charge is 2.45. The molecule has 3 atom stereocenters. The highest BCUT2D eigenvalue weighted by atomic mass is 19.4. The Morgan fingerprint density at radius 1 is 1.27 bits per heavy atom. The molecule has 0 bridgehead atoms. The number of nitrogen functional groups attached to an aromatic ring is 1. The standard InChI is InChI=1S/C23H33F3N2O2/c1-3-30-22(29)19-12-18(19)16-9-10-21(20(27)11-16)28(17-7-5-4-6-8-17)14-15(2)13-23(24,25)26/h9-11,15,17-19H,3-8,12-14,27H2,1-2H3/t15?,18-,19-/m1/s1. The van der Waals surface area contributed by atoms with Gasteiger partial charge in [0.25, 0.3) is 0 Å². The Kier molecular flexibility index (Phi) is 7.19. The van der Waals surface area contributed by atoms with Gasteiger partial charge in [-0.05, 0) is 55.7 Å². The fourth-order valence-corrected chi connectivity index (χ4v) is 4.77. The van der Waals surface area contributed by atoms with E-state index in [9.17, 15) is 18.0 Å². The highest BCUT2D eigenvalue weighted by molar-refractivity contribution is 5.78. The third kappa shape index (κ3) is 5.82. The van der Waals surface area contributed by atoms with Gasteiger partial charge in [0.2, 0.25) is 0 Å². The molecule has 1 unspecified atom stereocenters. The van der Waals surface area contributed by atoms with Crippen LogP contribution in [-0.4, -0.2) is 31.3 Å². The lowest BCUT2D eigenvalue weighted by Gasteiger charge is -2.38. The predicted molar refractivity (Wildman–Crippen MR) is 112 cm³/mol. The van der Waals surface area contributed by atoms with Crippen LogP contribution in [-0.2, 0) is 9.53 Å². The molecule has 0 heterocycles. The zero-order valence-corrected chi connectivity index (χ0v) is 17.9. The van der Waals surface area contributed by atoms with Crippen molar-refractivity contribution >= 4 is 17.3 Å². The molecule has 0 saturated heterocycles. The molecule has 2 aliphatic rings. The summed E-state index contributed by atoms with van der Waals surface area (Å²) in [6, 6.07) is 6.01. The van der Waals surface area contributed by atoms with Crippen molar-refractivity contribution in [2.24, 2.45) is 11.8 Å². The van der Waals surface area contributed by atoms with Crippen LogP contribution in [0.5, 0.6) is 0 Å². The molecule has 1 aromatic carbocycles. The minimum absolute atomic E-state index is 0.114. The monoisotopic (exact) mass is 426 g/mol. The third-order valence-corrected chi connectivity index (χ3v) is 6.27. The first-order chi connectivity index (χ1) is 14.2. The maximum absolute atomic E-state index is 12.9. The van der Waals surface area contributed by atoms with Crippen molar-refractivity contribution in [3.05, 3.63) is 23.8 Å². The van der Waals surface area contributed by atoms with E-state index in [0.717, 1.165) is 43.4 Å². The van der Waals surface area contributed by atoms with Gasteiger partial charge in [-0.3, -0.25) is 4.79 Å². The Bertz CT molecular complexity index is 732. The Balaban J connectivity index is 1.76. The molecule has 0 spiro atoms. The van der Waals surface area contributed by atoms with Crippen LogP contribution in [0.1, 0.15) is 70.3 Å². The van der Waals surface area contributed by atoms with E-state index in [1.165, 1.54) is 6.42 Å². The molecule has 0 amide bonds. The van der Waals surface area contributed by atoms with E-state index >= 15 is 0 Å². The van der Waals surface area contributed by atoms with Crippen LogP contribution in [0.25, 0.3) is 0 Å². The topological polar surface area (TPSA) is 55.6 Å². The zero-order chi connectivity index (χ0) is 21.9. The molecular formula is C23H33F3N2O2. The van der Waals surface area contributed by atoms with Crippen LogP contribution in [0, 0.1) is 11.8 Å². The minimum atomic E-state index is -4.17. The molecule has 2 N–H and O–H groups in total. The number of ether oxygens (including phenoxy) is 1. The molecule has 4 nitrogen and oxygen atoms in total. The first kappa shape index (κ1) is 22.8. The number of alkyl halides is 3. The van der Waals surface area contributed by atoms with Crippen LogP contribution in [0.2, 0.25) is 0 Å². The summed E-state index contributed by atoms with van der Waals surface area (Å²) in [5.74, 6) is -0.679. The molecular weight excluding hydrogens is 393 g/mol. The SMILES string of the molecule is CCOC(=O)[C@@H]1C[C@@H]1c1ccc(N(CC(C)CC(F)(F)F)C2CCCCC2)c(N)c1. The number of esters is 1. The smallest absolute Gasteiger partial charge is 0.389 e. The Morgan fingerprint density at radius 3 is 2.57 bits per heavy atom. The van der Waals surface area contributed by atoms with E-state index in [2.05, 4.69) is 4.90 Å². The van der Waals surface area contributed by atoms with Crippen molar-refractivity contribution in [3.63, 3.8) is 0 Å². The van der Waals surface area contributed by atoms with E-state index in [4.69, 9.17) is 10.5 Å². The summed E-state index contributed by atoms with van der Waals surface area (Å²) in [6.45, 7) is 4.15. The van der Waals surface area contributed by atoms with E-state index in [0.29, 0.717) is 18.8 Å². The summed E-state index contributed by atoms with van der Waals surface area (Å²) in [4.78, 5) is 14.0. The molecule has 1 aromatic rings. The molecule has 0 aromatic heterocycles. The Labute approximate surface area is 176 Å². The van der Waals surface area contributed by atoms with Gasteiger partial charge in [0.15, 0.2) is 0 Å². The molecule has 0 radical (unpaired) electrons. The first-order valence-corrected chi connectivity index (χ1v) is 11.1. The molecule has 2 fully saturated rings. The Morgan fingerprint density at radius 2 is 1.97 bits per heavy atom. The second-order valence-corrected chi connectivity index (χ2v) is 8.89. The van der Waals surface area contributed by atoms with Gasteiger partial charge in [0, 0.05) is 19.0 Å². The van der Waals surface area contributed by atoms with E-state index in [1.807, 2.05) is 18.2 Å². The number of carbonyl (C=O) groups is 1. The van der Waals surface area contributed by atoms with Crippen molar-refractivity contribution in [2.45, 2.75) is 76.9 Å². The quantitative estimate of drug-likeness (QED) is 0.430. The average Bonchev–Trinajstić information content (AvgIpc) is 3.47.